The zero-order valence-corrected chi connectivity index (χ0v) is 10.7. The zero-order chi connectivity index (χ0) is 14.8. The van der Waals surface area contributed by atoms with E-state index in [0.29, 0.717) is 5.56 Å². The molecule has 3 nitrogen and oxygen atoms in total. The predicted octanol–water partition coefficient (Wildman–Crippen LogP) is 2.15. The first-order valence-corrected chi connectivity index (χ1v) is 6.19. The lowest BCUT2D eigenvalue weighted by Crippen LogP contribution is -2.50. The molecule has 2 rings (SSSR count). The molecule has 1 heterocycles. The molecule has 1 aromatic carbocycles. The van der Waals surface area contributed by atoms with Crippen molar-refractivity contribution in [2.24, 2.45) is 0 Å². The van der Waals surface area contributed by atoms with Crippen LogP contribution in [-0.4, -0.2) is 54.6 Å². The third kappa shape index (κ3) is 3.93. The number of piperazine rings is 1. The Morgan fingerprint density at radius 1 is 1.05 bits per heavy atom. The lowest BCUT2D eigenvalue weighted by atomic mass is 10.2. The van der Waals surface area contributed by atoms with Gasteiger partial charge in [0.25, 0.3) is 5.91 Å². The third-order valence-corrected chi connectivity index (χ3v) is 3.15. The van der Waals surface area contributed by atoms with E-state index < -0.39 is 18.5 Å². The van der Waals surface area contributed by atoms with Gasteiger partial charge in [-0.2, -0.15) is 13.2 Å². The minimum Gasteiger partial charge on any atom is -0.336 e. The molecule has 0 aromatic heterocycles. The van der Waals surface area contributed by atoms with E-state index in [2.05, 4.69) is 0 Å². The van der Waals surface area contributed by atoms with Gasteiger partial charge in [-0.1, -0.05) is 0 Å². The van der Waals surface area contributed by atoms with Crippen LogP contribution in [0.1, 0.15) is 10.4 Å². The summed E-state index contributed by atoms with van der Waals surface area (Å²) in [6.07, 6.45) is -4.22. The molecule has 110 valence electrons. The second-order valence-corrected chi connectivity index (χ2v) is 4.69. The fraction of sp³-hybridized carbons (Fsp3) is 0.462. The van der Waals surface area contributed by atoms with Gasteiger partial charge in [-0.05, 0) is 24.3 Å². The first kappa shape index (κ1) is 14.8. The summed E-state index contributed by atoms with van der Waals surface area (Å²) in [5.74, 6) is -0.715. The SMILES string of the molecule is O=C(c1ccc(F)cc1)N1CCN(CC(F)(F)F)CC1. The molecular formula is C13H14F4N2O. The van der Waals surface area contributed by atoms with E-state index in [1.807, 2.05) is 0 Å². The molecule has 0 N–H and O–H groups in total. The van der Waals surface area contributed by atoms with Crippen molar-refractivity contribution in [3.63, 3.8) is 0 Å². The Bertz CT molecular complexity index is 464. The maximum Gasteiger partial charge on any atom is 0.401 e. The third-order valence-electron chi connectivity index (χ3n) is 3.15. The molecule has 20 heavy (non-hydrogen) atoms. The van der Waals surface area contributed by atoms with Gasteiger partial charge in [0, 0.05) is 31.7 Å². The van der Waals surface area contributed by atoms with Crippen molar-refractivity contribution in [2.75, 3.05) is 32.7 Å². The van der Waals surface area contributed by atoms with Crippen LogP contribution in [-0.2, 0) is 0 Å². The molecular weight excluding hydrogens is 276 g/mol. The lowest BCUT2D eigenvalue weighted by molar-refractivity contribution is -0.148. The monoisotopic (exact) mass is 290 g/mol. The fourth-order valence-corrected chi connectivity index (χ4v) is 2.14. The quantitative estimate of drug-likeness (QED) is 0.779. The molecule has 0 unspecified atom stereocenters. The molecule has 1 aromatic rings. The summed E-state index contributed by atoms with van der Waals surface area (Å²) >= 11 is 0. The van der Waals surface area contributed by atoms with Gasteiger partial charge in [0.2, 0.25) is 0 Å². The second kappa shape index (κ2) is 5.78. The minimum atomic E-state index is -4.22. The summed E-state index contributed by atoms with van der Waals surface area (Å²) < 4.78 is 49.5. The van der Waals surface area contributed by atoms with E-state index in [9.17, 15) is 22.4 Å². The van der Waals surface area contributed by atoms with E-state index in [-0.39, 0.29) is 32.1 Å². The van der Waals surface area contributed by atoms with Crippen LogP contribution in [0.2, 0.25) is 0 Å². The van der Waals surface area contributed by atoms with Gasteiger partial charge in [-0.15, -0.1) is 0 Å². The first-order chi connectivity index (χ1) is 9.35. The molecule has 1 amide bonds. The average molecular weight is 290 g/mol. The van der Waals surface area contributed by atoms with Crippen LogP contribution in [0.5, 0.6) is 0 Å². The van der Waals surface area contributed by atoms with Crippen molar-refractivity contribution in [1.82, 2.24) is 9.80 Å². The van der Waals surface area contributed by atoms with Gasteiger partial charge < -0.3 is 4.90 Å². The number of carbonyl (C=O) groups excluding carboxylic acids is 1. The summed E-state index contributed by atoms with van der Waals surface area (Å²) in [6, 6.07) is 5.12. The molecule has 0 radical (unpaired) electrons. The number of alkyl halides is 3. The summed E-state index contributed by atoms with van der Waals surface area (Å²) in [7, 11) is 0. The molecule has 0 spiro atoms. The number of hydrogen-bond acceptors (Lipinski definition) is 2. The number of carbonyl (C=O) groups is 1. The Kier molecular flexibility index (Phi) is 4.27. The Hall–Kier alpha value is -1.63. The smallest absolute Gasteiger partial charge is 0.336 e. The Morgan fingerprint density at radius 2 is 1.60 bits per heavy atom. The normalized spacial score (nSPS) is 17.3. The van der Waals surface area contributed by atoms with Crippen LogP contribution in [0.4, 0.5) is 17.6 Å². The Balaban J connectivity index is 1.90. The molecule has 0 saturated carbocycles. The van der Waals surface area contributed by atoms with E-state index in [0.717, 1.165) is 0 Å². The first-order valence-electron chi connectivity index (χ1n) is 6.19. The Morgan fingerprint density at radius 3 is 2.10 bits per heavy atom. The zero-order valence-electron chi connectivity index (χ0n) is 10.7. The van der Waals surface area contributed by atoms with Crippen LogP contribution in [0.15, 0.2) is 24.3 Å². The highest BCUT2D eigenvalue weighted by atomic mass is 19.4. The fourth-order valence-electron chi connectivity index (χ4n) is 2.14. The van der Waals surface area contributed by atoms with Crippen LogP contribution < -0.4 is 0 Å². The number of amides is 1. The number of halogens is 4. The van der Waals surface area contributed by atoms with E-state index in [1.54, 1.807) is 0 Å². The maximum atomic E-state index is 12.8. The topological polar surface area (TPSA) is 23.6 Å². The van der Waals surface area contributed by atoms with Crippen molar-refractivity contribution in [2.45, 2.75) is 6.18 Å². The summed E-state index contributed by atoms with van der Waals surface area (Å²) in [5, 5.41) is 0. The molecule has 7 heteroatoms. The number of nitrogens with zero attached hydrogens (tertiary/aromatic N) is 2. The number of benzene rings is 1. The molecule has 1 aliphatic heterocycles. The van der Waals surface area contributed by atoms with Crippen molar-refractivity contribution in [3.05, 3.63) is 35.6 Å². The number of hydrogen-bond donors (Lipinski definition) is 0. The second-order valence-electron chi connectivity index (χ2n) is 4.69. The van der Waals surface area contributed by atoms with Gasteiger partial charge in [-0.25, -0.2) is 4.39 Å². The molecule has 0 atom stereocenters. The van der Waals surface area contributed by atoms with Gasteiger partial charge in [0.1, 0.15) is 5.82 Å². The summed E-state index contributed by atoms with van der Waals surface area (Å²) in [5.41, 5.74) is 0.343. The van der Waals surface area contributed by atoms with Gasteiger partial charge in [-0.3, -0.25) is 9.69 Å². The number of rotatable bonds is 2. The van der Waals surface area contributed by atoms with Crippen molar-refractivity contribution in [3.8, 4) is 0 Å². The molecule has 1 aliphatic rings. The molecule has 0 aliphatic carbocycles. The molecule has 1 fully saturated rings. The molecule has 1 saturated heterocycles. The summed E-state index contributed by atoms with van der Waals surface area (Å²) in [4.78, 5) is 14.8. The highest BCUT2D eigenvalue weighted by Gasteiger charge is 2.32. The van der Waals surface area contributed by atoms with E-state index in [1.165, 1.54) is 34.1 Å². The lowest BCUT2D eigenvalue weighted by Gasteiger charge is -2.35. The van der Waals surface area contributed by atoms with Crippen molar-refractivity contribution >= 4 is 5.91 Å². The van der Waals surface area contributed by atoms with Gasteiger partial charge in [0.05, 0.1) is 6.54 Å². The van der Waals surface area contributed by atoms with Crippen LogP contribution in [0.3, 0.4) is 0 Å². The van der Waals surface area contributed by atoms with E-state index in [4.69, 9.17) is 0 Å². The Labute approximate surface area is 113 Å². The minimum absolute atomic E-state index is 0.187. The van der Waals surface area contributed by atoms with Crippen LogP contribution in [0, 0.1) is 5.82 Å². The molecule has 0 bridgehead atoms. The largest absolute Gasteiger partial charge is 0.401 e. The van der Waals surface area contributed by atoms with Gasteiger partial charge in [0.15, 0.2) is 0 Å². The highest BCUT2D eigenvalue weighted by Crippen LogP contribution is 2.18. The van der Waals surface area contributed by atoms with Gasteiger partial charge >= 0.3 is 6.18 Å². The summed E-state index contributed by atoms with van der Waals surface area (Å²) in [6.45, 7) is -0.0942. The van der Waals surface area contributed by atoms with Crippen molar-refractivity contribution < 1.29 is 22.4 Å². The van der Waals surface area contributed by atoms with Crippen LogP contribution in [0.25, 0.3) is 0 Å². The standard InChI is InChI=1S/C13H14F4N2O/c14-11-3-1-10(2-4-11)12(20)19-7-5-18(6-8-19)9-13(15,16)17/h1-4H,5-9H2. The average Bonchev–Trinajstić information content (AvgIpc) is 2.38. The predicted molar refractivity (Wildman–Crippen MR) is 64.8 cm³/mol. The maximum absolute atomic E-state index is 12.8. The highest BCUT2D eigenvalue weighted by molar-refractivity contribution is 5.94. The van der Waals surface area contributed by atoms with E-state index >= 15 is 0 Å². The van der Waals surface area contributed by atoms with Crippen LogP contribution >= 0.6 is 0 Å². The van der Waals surface area contributed by atoms with Crippen molar-refractivity contribution in [1.29, 1.82) is 0 Å².